The minimum atomic E-state index is -0.601. The van der Waals surface area contributed by atoms with Gasteiger partial charge in [-0.1, -0.05) is 38.0 Å². The highest BCUT2D eigenvalue weighted by Gasteiger charge is 2.19. The Kier molecular flexibility index (Phi) is 11.2. The first-order chi connectivity index (χ1) is 17.9. The third kappa shape index (κ3) is 8.71. The van der Waals surface area contributed by atoms with E-state index in [2.05, 4.69) is 21.6 Å². The Bertz CT molecular complexity index is 1290. The fourth-order valence-electron chi connectivity index (χ4n) is 2.94. The molecule has 9 heteroatoms. The fraction of sp³-hybridized carbons (Fsp3) is 0.214. The van der Waals surface area contributed by atoms with E-state index < -0.39 is 11.9 Å². The van der Waals surface area contributed by atoms with Gasteiger partial charge in [-0.25, -0.2) is 4.79 Å². The van der Waals surface area contributed by atoms with Crippen LogP contribution in [-0.2, 0) is 14.3 Å². The van der Waals surface area contributed by atoms with Crippen LogP contribution in [0.25, 0.3) is 0 Å². The Morgan fingerprint density at radius 1 is 1.08 bits per heavy atom. The van der Waals surface area contributed by atoms with Gasteiger partial charge in [0.2, 0.25) is 5.91 Å². The Balaban J connectivity index is 0.000000352. The van der Waals surface area contributed by atoms with Crippen molar-refractivity contribution in [1.29, 1.82) is 0 Å². The molecule has 0 saturated heterocycles. The summed E-state index contributed by atoms with van der Waals surface area (Å²) in [5, 5.41) is 0. The van der Waals surface area contributed by atoms with Crippen LogP contribution in [0, 0.1) is 11.8 Å². The summed E-state index contributed by atoms with van der Waals surface area (Å²) < 4.78 is 15.5. The van der Waals surface area contributed by atoms with E-state index in [4.69, 9.17) is 15.2 Å². The van der Waals surface area contributed by atoms with Gasteiger partial charge in [0.05, 0.1) is 25.8 Å². The number of para-hydroxylation sites is 1. The van der Waals surface area contributed by atoms with Gasteiger partial charge in [-0.05, 0) is 36.4 Å². The van der Waals surface area contributed by atoms with E-state index >= 15 is 0 Å². The van der Waals surface area contributed by atoms with Crippen molar-refractivity contribution in [1.82, 2.24) is 4.98 Å². The minimum Gasteiger partial charge on any atom is -0.491 e. The molecule has 2 amide bonds. The summed E-state index contributed by atoms with van der Waals surface area (Å²) in [6.07, 6.45) is 1.83. The van der Waals surface area contributed by atoms with Crippen LogP contribution in [0.1, 0.15) is 37.7 Å². The van der Waals surface area contributed by atoms with Gasteiger partial charge in [0, 0.05) is 32.2 Å². The molecule has 194 valence electrons. The molecule has 0 aliphatic carbocycles. The molecule has 1 aliphatic heterocycles. The van der Waals surface area contributed by atoms with E-state index in [0.29, 0.717) is 41.5 Å². The van der Waals surface area contributed by atoms with Gasteiger partial charge < -0.3 is 24.8 Å². The monoisotopic (exact) mass is 505 g/mol. The molecule has 2 N–H and O–H groups in total. The number of nitrogens with zero attached hydrogens (tertiary/aromatic N) is 2. The van der Waals surface area contributed by atoms with Crippen molar-refractivity contribution in [2.75, 3.05) is 25.7 Å². The zero-order valence-electron chi connectivity index (χ0n) is 21.2. The predicted octanol–water partition coefficient (Wildman–Crippen LogP) is 4.20. The molecule has 0 atom stereocenters. The molecule has 2 heterocycles. The number of esters is 1. The molecule has 37 heavy (non-hydrogen) atoms. The van der Waals surface area contributed by atoms with Crippen LogP contribution < -0.4 is 20.1 Å². The van der Waals surface area contributed by atoms with Crippen molar-refractivity contribution < 1.29 is 30.0 Å². The number of ether oxygens (including phenoxy) is 3. The summed E-state index contributed by atoms with van der Waals surface area (Å²) >= 11 is 0. The number of methoxy groups -OCH3 is 1. The van der Waals surface area contributed by atoms with Gasteiger partial charge in [-0.3, -0.25) is 14.6 Å². The number of primary amides is 1. The lowest BCUT2D eigenvalue weighted by molar-refractivity contribution is -0.133. The Labute approximate surface area is 217 Å². The molecule has 2 aromatic carbocycles. The molecule has 0 radical (unpaired) electrons. The second-order valence-corrected chi connectivity index (χ2v) is 7.13. The third-order valence-electron chi connectivity index (χ3n) is 4.72. The third-order valence-corrected chi connectivity index (χ3v) is 4.72. The molecule has 0 unspecified atom stereocenters. The molecule has 3 aromatic rings. The lowest BCUT2D eigenvalue weighted by Gasteiger charge is -2.16. The number of amides is 2. The van der Waals surface area contributed by atoms with Crippen LogP contribution in [-0.4, -0.2) is 43.5 Å². The number of fused-ring (bicyclic) bond motifs is 1. The van der Waals surface area contributed by atoms with Crippen molar-refractivity contribution in [3.05, 3.63) is 78.1 Å². The molecule has 0 saturated carbocycles. The van der Waals surface area contributed by atoms with Crippen molar-refractivity contribution in [3.63, 3.8) is 0 Å². The Morgan fingerprint density at radius 3 is 2.49 bits per heavy atom. The molecule has 0 bridgehead atoms. The average Bonchev–Trinajstić information content (AvgIpc) is 3.07. The highest BCUT2D eigenvalue weighted by Crippen LogP contribution is 2.31. The number of carbonyl (C=O) groups is 3. The smallest absolute Gasteiger partial charge is 0.384 e. The standard InChI is InChI=1S/C14H13NO4.C12H10N2O2.C2H6.H2/c1-15-11-9-10(4-6-14(17)18-2)3-5-12(11)19-8-7-13(15)16;13-12(15)11-8-10(6-7-14-11)16-9-4-2-1-3-5-9;1-2;/h3,5,9H,7-8H2,1-2H3;1-8H,(H2,13,15);1-2H3;1H. The lowest BCUT2D eigenvalue weighted by Crippen LogP contribution is -2.25. The van der Waals surface area contributed by atoms with E-state index in [0.717, 1.165) is 0 Å². The molecule has 1 aromatic heterocycles. The summed E-state index contributed by atoms with van der Waals surface area (Å²) in [7, 11) is 2.96. The summed E-state index contributed by atoms with van der Waals surface area (Å²) in [5.41, 5.74) is 6.58. The maximum atomic E-state index is 11.7. The van der Waals surface area contributed by atoms with Gasteiger partial charge in [0.25, 0.3) is 5.91 Å². The molecule has 4 rings (SSSR count). The van der Waals surface area contributed by atoms with Crippen LogP contribution in [0.3, 0.4) is 0 Å². The normalized spacial score (nSPS) is 11.4. The molecule has 1 aliphatic rings. The zero-order valence-corrected chi connectivity index (χ0v) is 21.2. The summed E-state index contributed by atoms with van der Waals surface area (Å²) in [6, 6.07) is 17.6. The van der Waals surface area contributed by atoms with Gasteiger partial charge in [-0.2, -0.15) is 0 Å². The number of pyridine rings is 1. The molecular formula is C28H31N3O6. The predicted molar refractivity (Wildman–Crippen MR) is 142 cm³/mol. The number of nitrogens with two attached hydrogens (primary N) is 1. The number of aromatic nitrogens is 1. The summed E-state index contributed by atoms with van der Waals surface area (Å²) in [4.78, 5) is 39.0. The molecule has 0 spiro atoms. The highest BCUT2D eigenvalue weighted by atomic mass is 16.5. The van der Waals surface area contributed by atoms with E-state index in [-0.39, 0.29) is 13.0 Å². The van der Waals surface area contributed by atoms with E-state index in [9.17, 15) is 14.4 Å². The van der Waals surface area contributed by atoms with Crippen LogP contribution in [0.15, 0.2) is 66.9 Å². The van der Waals surface area contributed by atoms with Crippen LogP contribution in [0.4, 0.5) is 5.69 Å². The second kappa shape index (κ2) is 14.5. The fourth-order valence-corrected chi connectivity index (χ4v) is 2.94. The Morgan fingerprint density at radius 2 is 1.81 bits per heavy atom. The number of hydrogen-bond donors (Lipinski definition) is 1. The maximum Gasteiger partial charge on any atom is 0.384 e. The molecule has 0 fully saturated rings. The molecule has 9 nitrogen and oxygen atoms in total. The SMILES string of the molecule is CC.COC(=O)C#Cc1ccc2c(c1)N(C)C(=O)CCO2.NC(=O)c1cc(Oc2ccccc2)ccn1.[HH]. The van der Waals surface area contributed by atoms with E-state index in [1.54, 1.807) is 31.3 Å². The number of anilines is 1. The van der Waals surface area contributed by atoms with Crippen LogP contribution >= 0.6 is 0 Å². The van der Waals surface area contributed by atoms with Crippen LogP contribution in [0.5, 0.6) is 17.2 Å². The zero-order chi connectivity index (χ0) is 27.2. The van der Waals surface area contributed by atoms with Crippen molar-refractivity contribution in [2.45, 2.75) is 20.3 Å². The first-order valence-electron chi connectivity index (χ1n) is 11.5. The number of hydrogen-bond acceptors (Lipinski definition) is 7. The van der Waals surface area contributed by atoms with Gasteiger partial charge in [0.1, 0.15) is 22.9 Å². The van der Waals surface area contributed by atoms with Crippen molar-refractivity contribution in [3.8, 4) is 29.1 Å². The van der Waals surface area contributed by atoms with Gasteiger partial charge in [-0.15, -0.1) is 0 Å². The van der Waals surface area contributed by atoms with E-state index in [1.807, 2.05) is 44.2 Å². The van der Waals surface area contributed by atoms with Gasteiger partial charge >= 0.3 is 5.97 Å². The Hall–Kier alpha value is -4.84. The number of carbonyl (C=O) groups excluding carboxylic acids is 3. The average molecular weight is 506 g/mol. The number of benzene rings is 2. The second-order valence-electron chi connectivity index (χ2n) is 7.13. The van der Waals surface area contributed by atoms with E-state index in [1.165, 1.54) is 24.3 Å². The quantitative estimate of drug-likeness (QED) is 0.418. The topological polar surface area (TPSA) is 121 Å². The lowest BCUT2D eigenvalue weighted by atomic mass is 10.1. The number of rotatable bonds is 3. The van der Waals surface area contributed by atoms with Gasteiger partial charge in [0.15, 0.2) is 0 Å². The van der Waals surface area contributed by atoms with Crippen molar-refractivity contribution in [2.24, 2.45) is 5.73 Å². The first kappa shape index (κ1) is 28.4. The van der Waals surface area contributed by atoms with Crippen LogP contribution in [0.2, 0.25) is 0 Å². The van der Waals surface area contributed by atoms with Crippen molar-refractivity contribution >= 4 is 23.5 Å². The summed E-state index contributed by atoms with van der Waals surface area (Å²) in [5.74, 6) is 5.71. The first-order valence-corrected chi connectivity index (χ1v) is 11.5. The minimum absolute atomic E-state index is 0. The maximum absolute atomic E-state index is 11.7. The molecular weight excluding hydrogens is 474 g/mol. The largest absolute Gasteiger partial charge is 0.491 e. The summed E-state index contributed by atoms with van der Waals surface area (Å²) in [6.45, 7) is 4.36. The highest BCUT2D eigenvalue weighted by molar-refractivity contribution is 5.95.